The van der Waals surface area contributed by atoms with Crippen molar-refractivity contribution in [1.29, 1.82) is 0 Å². The summed E-state index contributed by atoms with van der Waals surface area (Å²) >= 11 is 1.36. The van der Waals surface area contributed by atoms with Crippen molar-refractivity contribution in [3.8, 4) is 0 Å². The van der Waals surface area contributed by atoms with Crippen molar-refractivity contribution in [1.82, 2.24) is 4.90 Å². The lowest BCUT2D eigenvalue weighted by atomic mass is 10.1. The lowest BCUT2D eigenvalue weighted by molar-refractivity contribution is -0.124. The summed E-state index contributed by atoms with van der Waals surface area (Å²) in [5.74, 6) is 0.514. The predicted octanol–water partition coefficient (Wildman–Crippen LogP) is 5.12. The molecule has 0 saturated carbocycles. The maximum Gasteiger partial charge on any atom is 0.263 e. The molecule has 0 aromatic heterocycles. The van der Waals surface area contributed by atoms with Gasteiger partial charge in [0.25, 0.3) is 5.91 Å². The van der Waals surface area contributed by atoms with Gasteiger partial charge in [-0.3, -0.25) is 9.59 Å². The van der Waals surface area contributed by atoms with Crippen molar-refractivity contribution in [2.24, 2.45) is 9.98 Å². The number of fused-ring (bicyclic) bond motifs is 4. The molecule has 0 N–H and O–H groups in total. The third kappa shape index (κ3) is 3.67. The summed E-state index contributed by atoms with van der Waals surface area (Å²) in [5, 5.41) is 0.147. The number of amides is 2. The molecule has 0 unspecified atom stereocenters. The number of carbonyl (C=O) groups is 2. The van der Waals surface area contributed by atoms with E-state index in [1.165, 1.54) is 17.3 Å². The molecular formula is C28H24N4O2S. The topological polar surface area (TPSA) is 65.3 Å². The van der Waals surface area contributed by atoms with Gasteiger partial charge in [0.05, 0.1) is 10.9 Å². The highest BCUT2D eigenvalue weighted by Gasteiger charge is 2.43. The predicted molar refractivity (Wildman–Crippen MR) is 140 cm³/mol. The first-order chi connectivity index (χ1) is 17.2. The van der Waals surface area contributed by atoms with Gasteiger partial charge in [-0.2, -0.15) is 0 Å². The van der Waals surface area contributed by atoms with Gasteiger partial charge in [0.15, 0.2) is 11.2 Å². The first kappa shape index (κ1) is 21.8. The number of hydrogen-bond acceptors (Lipinski definition) is 5. The fourth-order valence-electron chi connectivity index (χ4n) is 4.86. The molecule has 174 valence electrons. The molecule has 2 amide bonds. The van der Waals surface area contributed by atoms with Crippen LogP contribution in [0.3, 0.4) is 0 Å². The minimum atomic E-state index is -0.621. The van der Waals surface area contributed by atoms with E-state index in [1.54, 1.807) is 4.90 Å². The Morgan fingerprint density at radius 3 is 2.60 bits per heavy atom. The quantitative estimate of drug-likeness (QED) is 0.521. The molecule has 0 spiro atoms. The standard InChI is InChI=1S/C28H24N4O2S/c1-2-23(26(33)31-17-16-18-10-6-9-15-22(18)31)35-28-29-21-14-8-7-13-20(21)25-30-24(27(34)32(25)28)19-11-4-3-5-12-19/h3-15,23-24H,2,16-17H2,1H3/t23-,24-/m0/s1. The number of nitrogens with zero attached hydrogens (tertiary/aromatic N) is 4. The van der Waals surface area contributed by atoms with E-state index < -0.39 is 6.04 Å². The third-order valence-corrected chi connectivity index (χ3v) is 7.94. The molecule has 3 aromatic carbocycles. The maximum absolute atomic E-state index is 13.6. The number of para-hydroxylation sites is 2. The summed E-state index contributed by atoms with van der Waals surface area (Å²) in [5.41, 5.74) is 4.62. The Morgan fingerprint density at radius 2 is 1.77 bits per heavy atom. The maximum atomic E-state index is 13.6. The van der Waals surface area contributed by atoms with Crippen LogP contribution in [0.25, 0.3) is 0 Å². The Morgan fingerprint density at radius 1 is 1.03 bits per heavy atom. The van der Waals surface area contributed by atoms with E-state index >= 15 is 0 Å². The number of carbonyl (C=O) groups excluding carboxylic acids is 2. The van der Waals surface area contributed by atoms with E-state index in [1.807, 2.05) is 84.6 Å². The molecule has 6 rings (SSSR count). The van der Waals surface area contributed by atoms with Crippen molar-refractivity contribution < 1.29 is 9.59 Å². The summed E-state index contributed by atoms with van der Waals surface area (Å²) in [6, 6.07) is 24.8. The third-order valence-electron chi connectivity index (χ3n) is 6.63. The fourth-order valence-corrected chi connectivity index (χ4v) is 5.94. The summed E-state index contributed by atoms with van der Waals surface area (Å²) in [6.45, 7) is 2.68. The lowest BCUT2D eigenvalue weighted by Crippen LogP contribution is -2.43. The number of rotatable bonds is 4. The zero-order chi connectivity index (χ0) is 23.9. The highest BCUT2D eigenvalue weighted by atomic mass is 32.2. The van der Waals surface area contributed by atoms with Gasteiger partial charge in [0, 0.05) is 17.8 Å². The Bertz CT molecular complexity index is 1380. The second kappa shape index (κ2) is 8.82. The van der Waals surface area contributed by atoms with Gasteiger partial charge in [-0.1, -0.05) is 79.3 Å². The molecule has 3 aromatic rings. The Kier molecular flexibility index (Phi) is 5.49. The zero-order valence-corrected chi connectivity index (χ0v) is 20.1. The van der Waals surface area contributed by atoms with Gasteiger partial charge in [0.1, 0.15) is 5.84 Å². The molecular weight excluding hydrogens is 456 g/mol. The van der Waals surface area contributed by atoms with E-state index in [4.69, 9.17) is 9.98 Å². The Balaban J connectivity index is 1.34. The number of amidine groups is 2. The zero-order valence-electron chi connectivity index (χ0n) is 19.3. The summed E-state index contributed by atoms with van der Waals surface area (Å²) < 4.78 is 0. The van der Waals surface area contributed by atoms with Crippen LogP contribution in [-0.2, 0) is 16.0 Å². The largest absolute Gasteiger partial charge is 0.311 e. The summed E-state index contributed by atoms with van der Waals surface area (Å²) in [4.78, 5) is 40.4. The molecule has 2 atom stereocenters. The van der Waals surface area contributed by atoms with Crippen LogP contribution in [0.15, 0.2) is 88.8 Å². The lowest BCUT2D eigenvalue weighted by Gasteiger charge is -2.29. The molecule has 0 bridgehead atoms. The smallest absolute Gasteiger partial charge is 0.263 e. The van der Waals surface area contributed by atoms with Gasteiger partial charge in [-0.15, -0.1) is 0 Å². The van der Waals surface area contributed by atoms with E-state index in [0.717, 1.165) is 28.9 Å². The van der Waals surface area contributed by atoms with Crippen molar-refractivity contribution in [2.75, 3.05) is 11.4 Å². The van der Waals surface area contributed by atoms with Crippen LogP contribution in [0, 0.1) is 0 Å². The van der Waals surface area contributed by atoms with Crippen molar-refractivity contribution in [3.63, 3.8) is 0 Å². The fraction of sp³-hybridized carbons (Fsp3) is 0.214. The number of anilines is 1. The average molecular weight is 481 g/mol. The van der Waals surface area contributed by atoms with Gasteiger partial charge >= 0.3 is 0 Å². The van der Waals surface area contributed by atoms with E-state index in [-0.39, 0.29) is 17.1 Å². The molecule has 0 radical (unpaired) electrons. The summed E-state index contributed by atoms with van der Waals surface area (Å²) in [6.07, 6.45) is 1.48. The number of benzene rings is 3. The Labute approximate surface area is 208 Å². The van der Waals surface area contributed by atoms with Crippen LogP contribution in [0.4, 0.5) is 11.4 Å². The van der Waals surface area contributed by atoms with Gasteiger partial charge < -0.3 is 4.90 Å². The van der Waals surface area contributed by atoms with Crippen molar-refractivity contribution in [2.45, 2.75) is 31.1 Å². The molecule has 0 saturated heterocycles. The molecule has 3 heterocycles. The molecule has 7 heteroatoms. The number of aliphatic imine (C=N–C) groups is 2. The van der Waals surface area contributed by atoms with Crippen LogP contribution in [0.2, 0.25) is 0 Å². The number of hydrogen-bond donors (Lipinski definition) is 0. The minimum Gasteiger partial charge on any atom is -0.311 e. The van der Waals surface area contributed by atoms with Crippen molar-refractivity contribution >= 4 is 46.0 Å². The average Bonchev–Trinajstić information content (AvgIpc) is 3.49. The second-order valence-electron chi connectivity index (χ2n) is 8.73. The monoisotopic (exact) mass is 480 g/mol. The van der Waals surface area contributed by atoms with Crippen LogP contribution < -0.4 is 4.90 Å². The first-order valence-electron chi connectivity index (χ1n) is 11.9. The molecule has 6 nitrogen and oxygen atoms in total. The van der Waals surface area contributed by atoms with Crippen molar-refractivity contribution in [3.05, 3.63) is 95.6 Å². The van der Waals surface area contributed by atoms with E-state index in [9.17, 15) is 9.59 Å². The Hall–Kier alpha value is -3.71. The highest BCUT2D eigenvalue weighted by molar-refractivity contribution is 8.15. The first-order valence-corrected chi connectivity index (χ1v) is 12.7. The summed E-state index contributed by atoms with van der Waals surface area (Å²) in [7, 11) is 0. The SMILES string of the molecule is CC[C@H](SC1=Nc2ccccc2C2=N[C@@H](c3ccccc3)C(=O)N12)C(=O)N1CCc2ccccc21. The second-order valence-corrected chi connectivity index (χ2v) is 9.90. The van der Waals surface area contributed by atoms with E-state index in [2.05, 4.69) is 6.07 Å². The minimum absolute atomic E-state index is 0.0498. The molecule has 3 aliphatic rings. The number of thioether (sulfide) groups is 1. The highest BCUT2D eigenvalue weighted by Crippen LogP contribution is 2.39. The van der Waals surface area contributed by atoms with Crippen LogP contribution in [-0.4, -0.2) is 39.5 Å². The van der Waals surface area contributed by atoms with Crippen LogP contribution in [0.1, 0.15) is 36.1 Å². The molecule has 35 heavy (non-hydrogen) atoms. The van der Waals surface area contributed by atoms with Crippen LogP contribution in [0.5, 0.6) is 0 Å². The molecule has 3 aliphatic heterocycles. The molecule has 0 aliphatic carbocycles. The van der Waals surface area contributed by atoms with Gasteiger partial charge in [-0.05, 0) is 42.2 Å². The van der Waals surface area contributed by atoms with Crippen LogP contribution >= 0.6 is 11.8 Å². The van der Waals surface area contributed by atoms with Gasteiger partial charge in [-0.25, -0.2) is 14.9 Å². The molecule has 0 fully saturated rings. The normalized spacial score (nSPS) is 19.0. The van der Waals surface area contributed by atoms with E-state index in [0.29, 0.717) is 24.0 Å². The van der Waals surface area contributed by atoms with Gasteiger partial charge in [0.2, 0.25) is 5.91 Å².